The molecule has 1 atom stereocenters. The Morgan fingerprint density at radius 3 is 2.95 bits per heavy atom. The summed E-state index contributed by atoms with van der Waals surface area (Å²) in [5.41, 5.74) is 0.237. The molecule has 1 heterocycles. The lowest BCUT2D eigenvalue weighted by Crippen LogP contribution is -2.40. The predicted molar refractivity (Wildman–Crippen MR) is 76.9 cm³/mol. The van der Waals surface area contributed by atoms with Crippen molar-refractivity contribution in [2.45, 2.75) is 25.3 Å². The summed E-state index contributed by atoms with van der Waals surface area (Å²) in [7, 11) is 2.11. The van der Waals surface area contributed by atoms with Crippen molar-refractivity contribution < 1.29 is 14.6 Å². The molecular weight excluding hydrogens is 310 g/mol. The maximum absolute atomic E-state index is 11.0. The molecule has 4 nitrogen and oxygen atoms in total. The van der Waals surface area contributed by atoms with Gasteiger partial charge < -0.3 is 14.7 Å². The predicted octanol–water partition coefficient (Wildman–Crippen LogP) is 3.01. The second kappa shape index (κ2) is 6.39. The van der Waals surface area contributed by atoms with Crippen molar-refractivity contribution in [3.63, 3.8) is 0 Å². The number of carboxylic acid groups (broad SMARTS) is 1. The van der Waals surface area contributed by atoms with Gasteiger partial charge in [-0.3, -0.25) is 0 Å². The van der Waals surface area contributed by atoms with E-state index in [1.807, 2.05) is 0 Å². The minimum absolute atomic E-state index is 0.237. The van der Waals surface area contributed by atoms with Crippen molar-refractivity contribution >= 4 is 21.9 Å². The molecule has 1 saturated heterocycles. The monoisotopic (exact) mass is 327 g/mol. The zero-order valence-corrected chi connectivity index (χ0v) is 12.5. The Balaban J connectivity index is 2.00. The highest BCUT2D eigenvalue weighted by Crippen LogP contribution is 2.23. The molecule has 0 aliphatic carbocycles. The second-order valence-corrected chi connectivity index (χ2v) is 5.84. The van der Waals surface area contributed by atoms with Crippen molar-refractivity contribution in [3.05, 3.63) is 28.2 Å². The molecule has 1 N–H and O–H groups in total. The van der Waals surface area contributed by atoms with Gasteiger partial charge in [0.25, 0.3) is 0 Å². The van der Waals surface area contributed by atoms with Gasteiger partial charge in [-0.05, 0) is 44.6 Å². The van der Waals surface area contributed by atoms with Gasteiger partial charge in [0.2, 0.25) is 0 Å². The van der Waals surface area contributed by atoms with Crippen molar-refractivity contribution in [1.82, 2.24) is 4.90 Å². The number of benzene rings is 1. The van der Waals surface area contributed by atoms with E-state index in [0.29, 0.717) is 18.4 Å². The number of carbonyl (C=O) groups is 1. The van der Waals surface area contributed by atoms with Crippen molar-refractivity contribution in [1.29, 1.82) is 0 Å². The highest BCUT2D eigenvalue weighted by atomic mass is 79.9. The first-order valence-electron chi connectivity index (χ1n) is 6.43. The summed E-state index contributed by atoms with van der Waals surface area (Å²) in [5, 5.41) is 9.01. The van der Waals surface area contributed by atoms with Gasteiger partial charge in [0.15, 0.2) is 0 Å². The van der Waals surface area contributed by atoms with E-state index in [1.165, 1.54) is 12.8 Å². The molecule has 19 heavy (non-hydrogen) atoms. The average molecular weight is 328 g/mol. The largest absolute Gasteiger partial charge is 0.492 e. The van der Waals surface area contributed by atoms with Gasteiger partial charge in [-0.1, -0.05) is 22.4 Å². The van der Waals surface area contributed by atoms with Crippen molar-refractivity contribution in [2.75, 3.05) is 20.2 Å². The van der Waals surface area contributed by atoms with Gasteiger partial charge in [0.05, 0.1) is 5.56 Å². The van der Waals surface area contributed by atoms with E-state index in [0.717, 1.165) is 17.4 Å². The number of aromatic carboxylic acids is 1. The summed E-state index contributed by atoms with van der Waals surface area (Å²) in [6.07, 6.45) is 3.61. The Kier molecular flexibility index (Phi) is 4.82. The maximum atomic E-state index is 11.0. The highest BCUT2D eigenvalue weighted by molar-refractivity contribution is 9.10. The molecule has 1 aliphatic heterocycles. The van der Waals surface area contributed by atoms with E-state index < -0.39 is 5.97 Å². The zero-order valence-electron chi connectivity index (χ0n) is 10.9. The molecule has 0 saturated carbocycles. The molecule has 0 aromatic heterocycles. The molecule has 0 radical (unpaired) electrons. The van der Waals surface area contributed by atoms with Crippen LogP contribution in [0.3, 0.4) is 0 Å². The first-order chi connectivity index (χ1) is 9.06. The Hall–Kier alpha value is -1.07. The highest BCUT2D eigenvalue weighted by Gasteiger charge is 2.19. The van der Waals surface area contributed by atoms with E-state index in [2.05, 4.69) is 27.9 Å². The minimum atomic E-state index is -0.944. The summed E-state index contributed by atoms with van der Waals surface area (Å²) in [4.78, 5) is 13.3. The van der Waals surface area contributed by atoms with Gasteiger partial charge in [0.1, 0.15) is 12.4 Å². The van der Waals surface area contributed by atoms with Crippen LogP contribution in [-0.4, -0.2) is 42.2 Å². The van der Waals surface area contributed by atoms with Crippen LogP contribution in [0.1, 0.15) is 29.6 Å². The molecule has 1 aliphatic rings. The molecule has 1 aromatic carbocycles. The topological polar surface area (TPSA) is 49.8 Å². The van der Waals surface area contributed by atoms with E-state index in [1.54, 1.807) is 18.2 Å². The van der Waals surface area contributed by atoms with E-state index in [-0.39, 0.29) is 5.56 Å². The zero-order chi connectivity index (χ0) is 13.8. The maximum Gasteiger partial charge on any atom is 0.335 e. The summed E-state index contributed by atoms with van der Waals surface area (Å²) in [6, 6.07) is 5.36. The number of nitrogens with zero attached hydrogens (tertiary/aromatic N) is 1. The normalized spacial score (nSPS) is 20.2. The minimum Gasteiger partial charge on any atom is -0.492 e. The number of likely N-dealkylation sites (N-methyl/N-ethyl adjacent to an activating group) is 1. The van der Waals surface area contributed by atoms with E-state index >= 15 is 0 Å². The standard InChI is InChI=1S/C14H18BrNO3/c1-16-5-3-2-4-12(16)9-19-13-7-10(14(17)18)6-11(15)8-13/h6-8,12H,2-5,9H2,1H3,(H,17,18). The number of hydrogen-bond acceptors (Lipinski definition) is 3. The molecule has 1 aromatic rings. The van der Waals surface area contributed by atoms with Crippen LogP contribution < -0.4 is 4.74 Å². The summed E-state index contributed by atoms with van der Waals surface area (Å²) >= 11 is 3.31. The van der Waals surface area contributed by atoms with Crippen LogP contribution in [0.2, 0.25) is 0 Å². The first-order valence-corrected chi connectivity index (χ1v) is 7.22. The lowest BCUT2D eigenvalue weighted by Gasteiger charge is -2.32. The molecule has 2 rings (SSSR count). The van der Waals surface area contributed by atoms with Crippen LogP contribution in [0.25, 0.3) is 0 Å². The Morgan fingerprint density at radius 1 is 1.47 bits per heavy atom. The third-order valence-corrected chi connectivity index (χ3v) is 3.94. The summed E-state index contributed by atoms with van der Waals surface area (Å²) in [5.74, 6) is -0.341. The SMILES string of the molecule is CN1CCCCC1COc1cc(Br)cc(C(=O)O)c1. The van der Waals surface area contributed by atoms with E-state index in [4.69, 9.17) is 9.84 Å². The third kappa shape index (κ3) is 3.94. The first kappa shape index (κ1) is 14.3. The van der Waals surface area contributed by atoms with Crippen LogP contribution in [0, 0.1) is 0 Å². The average Bonchev–Trinajstić information content (AvgIpc) is 2.37. The number of likely N-dealkylation sites (tertiary alicyclic amines) is 1. The Labute approximate surface area is 121 Å². The third-order valence-electron chi connectivity index (χ3n) is 3.48. The van der Waals surface area contributed by atoms with Gasteiger partial charge >= 0.3 is 5.97 Å². The molecule has 1 unspecified atom stereocenters. The van der Waals surface area contributed by atoms with Crippen molar-refractivity contribution in [3.8, 4) is 5.75 Å². The molecule has 5 heteroatoms. The number of piperidine rings is 1. The molecule has 1 fully saturated rings. The van der Waals surface area contributed by atoms with Gasteiger partial charge in [-0.2, -0.15) is 0 Å². The van der Waals surface area contributed by atoms with Gasteiger partial charge in [-0.25, -0.2) is 4.79 Å². The lowest BCUT2D eigenvalue weighted by molar-refractivity contribution is 0.0696. The van der Waals surface area contributed by atoms with Crippen LogP contribution in [0.4, 0.5) is 0 Å². The molecule has 0 spiro atoms. The number of ether oxygens (including phenoxy) is 1. The van der Waals surface area contributed by atoms with Gasteiger partial charge in [0, 0.05) is 10.5 Å². The summed E-state index contributed by atoms with van der Waals surface area (Å²) in [6.45, 7) is 1.71. The molecule has 104 valence electrons. The summed E-state index contributed by atoms with van der Waals surface area (Å²) < 4.78 is 6.47. The molecule has 0 bridgehead atoms. The number of carboxylic acids is 1. The van der Waals surface area contributed by atoms with Crippen LogP contribution in [-0.2, 0) is 0 Å². The number of halogens is 1. The lowest BCUT2D eigenvalue weighted by atomic mass is 10.0. The smallest absolute Gasteiger partial charge is 0.335 e. The Bertz CT molecular complexity index is 464. The fourth-order valence-corrected chi connectivity index (χ4v) is 2.79. The number of rotatable bonds is 4. The molecular formula is C14H18BrNO3. The fourth-order valence-electron chi connectivity index (χ4n) is 2.32. The molecule has 0 amide bonds. The quantitative estimate of drug-likeness (QED) is 0.923. The Morgan fingerprint density at radius 2 is 2.26 bits per heavy atom. The van der Waals surface area contributed by atoms with Gasteiger partial charge in [-0.15, -0.1) is 0 Å². The number of hydrogen-bond donors (Lipinski definition) is 1. The van der Waals surface area contributed by atoms with Crippen LogP contribution in [0.5, 0.6) is 5.75 Å². The van der Waals surface area contributed by atoms with Crippen molar-refractivity contribution in [2.24, 2.45) is 0 Å². The fraction of sp³-hybridized carbons (Fsp3) is 0.500. The second-order valence-electron chi connectivity index (χ2n) is 4.92. The van der Waals surface area contributed by atoms with Crippen LogP contribution in [0.15, 0.2) is 22.7 Å². The van der Waals surface area contributed by atoms with Crippen LogP contribution >= 0.6 is 15.9 Å². The van der Waals surface area contributed by atoms with E-state index in [9.17, 15) is 4.79 Å².